The van der Waals surface area contributed by atoms with Crippen LogP contribution in [0.15, 0.2) is 12.1 Å². The number of aryl methyl sites for hydroxylation is 1. The smallest absolute Gasteiger partial charge is 0.227 e. The second-order valence-corrected chi connectivity index (χ2v) is 8.54. The van der Waals surface area contributed by atoms with E-state index >= 15 is 0 Å². The molecule has 0 spiro atoms. The van der Waals surface area contributed by atoms with Gasteiger partial charge in [0.1, 0.15) is 13.2 Å². The van der Waals surface area contributed by atoms with Gasteiger partial charge in [-0.2, -0.15) is 4.31 Å². The lowest BCUT2D eigenvalue weighted by Crippen LogP contribution is -2.51. The van der Waals surface area contributed by atoms with Crippen LogP contribution in [-0.2, 0) is 21.2 Å². The van der Waals surface area contributed by atoms with Crippen LogP contribution in [-0.4, -0.2) is 68.7 Å². The number of piperazine rings is 1. The Labute approximate surface area is 148 Å². The predicted octanol–water partition coefficient (Wildman–Crippen LogP) is 0.803. The van der Waals surface area contributed by atoms with Crippen LogP contribution in [0.3, 0.4) is 0 Å². The van der Waals surface area contributed by atoms with E-state index in [0.717, 1.165) is 16.9 Å². The highest BCUT2D eigenvalue weighted by molar-refractivity contribution is 7.89. The highest BCUT2D eigenvalue weighted by atomic mass is 32.2. The molecule has 3 rings (SSSR count). The first kappa shape index (κ1) is 18.0. The molecule has 1 saturated heterocycles. The molecule has 8 heteroatoms. The third kappa shape index (κ3) is 3.90. The maximum atomic E-state index is 12.6. The van der Waals surface area contributed by atoms with Crippen LogP contribution in [0.1, 0.15) is 18.1 Å². The Kier molecular flexibility index (Phi) is 5.19. The van der Waals surface area contributed by atoms with Crippen LogP contribution >= 0.6 is 0 Å². The molecule has 1 aromatic rings. The third-order valence-electron chi connectivity index (χ3n) is 4.69. The van der Waals surface area contributed by atoms with E-state index in [1.165, 1.54) is 4.31 Å². The Morgan fingerprint density at radius 1 is 1.08 bits per heavy atom. The zero-order chi connectivity index (χ0) is 18.0. The third-order valence-corrected chi connectivity index (χ3v) is 6.57. The molecule has 25 heavy (non-hydrogen) atoms. The van der Waals surface area contributed by atoms with Gasteiger partial charge in [-0.15, -0.1) is 0 Å². The van der Waals surface area contributed by atoms with Crippen LogP contribution in [0.2, 0.25) is 0 Å². The summed E-state index contributed by atoms with van der Waals surface area (Å²) in [6.45, 7) is 6.23. The van der Waals surface area contributed by atoms with Gasteiger partial charge >= 0.3 is 0 Å². The number of nitrogens with zero attached hydrogens (tertiary/aromatic N) is 2. The fourth-order valence-corrected chi connectivity index (χ4v) is 4.18. The van der Waals surface area contributed by atoms with E-state index in [2.05, 4.69) is 0 Å². The van der Waals surface area contributed by atoms with Gasteiger partial charge in [0.2, 0.25) is 15.9 Å². The number of fused-ring (bicyclic) bond motifs is 1. The molecule has 0 aliphatic carbocycles. The zero-order valence-electron chi connectivity index (χ0n) is 14.7. The molecule has 2 aliphatic heterocycles. The molecule has 2 aliphatic rings. The van der Waals surface area contributed by atoms with Gasteiger partial charge in [-0.1, -0.05) is 0 Å². The van der Waals surface area contributed by atoms with Gasteiger partial charge in [0.15, 0.2) is 11.5 Å². The SMILES string of the molecule is CCS(=O)(=O)N1CCN(C(=O)Cc2cc3c(cc2C)OCCO3)CC1. The van der Waals surface area contributed by atoms with Gasteiger partial charge in [0.05, 0.1) is 12.2 Å². The van der Waals surface area contributed by atoms with Crippen molar-refractivity contribution in [3.05, 3.63) is 23.3 Å². The largest absolute Gasteiger partial charge is 0.486 e. The fourth-order valence-electron chi connectivity index (χ4n) is 3.10. The van der Waals surface area contributed by atoms with Gasteiger partial charge in [0.25, 0.3) is 0 Å². The van der Waals surface area contributed by atoms with Gasteiger partial charge < -0.3 is 14.4 Å². The summed E-state index contributed by atoms with van der Waals surface area (Å²) in [7, 11) is -3.18. The number of sulfonamides is 1. The minimum Gasteiger partial charge on any atom is -0.486 e. The quantitative estimate of drug-likeness (QED) is 0.786. The van der Waals surface area contributed by atoms with E-state index in [9.17, 15) is 13.2 Å². The molecule has 0 unspecified atom stereocenters. The highest BCUT2D eigenvalue weighted by Crippen LogP contribution is 2.33. The van der Waals surface area contributed by atoms with E-state index in [1.807, 2.05) is 19.1 Å². The summed E-state index contributed by atoms with van der Waals surface area (Å²) in [5, 5.41) is 0. The van der Waals surface area contributed by atoms with E-state index in [0.29, 0.717) is 45.1 Å². The number of hydrogen-bond donors (Lipinski definition) is 0. The van der Waals surface area contributed by atoms with E-state index in [-0.39, 0.29) is 18.1 Å². The van der Waals surface area contributed by atoms with Crippen molar-refractivity contribution >= 4 is 15.9 Å². The number of hydrogen-bond acceptors (Lipinski definition) is 5. The van der Waals surface area contributed by atoms with E-state index in [1.54, 1.807) is 11.8 Å². The summed E-state index contributed by atoms with van der Waals surface area (Å²) in [6, 6.07) is 3.78. The normalized spacial score (nSPS) is 18.2. The Balaban J connectivity index is 1.64. The van der Waals surface area contributed by atoms with Crippen molar-refractivity contribution in [3.8, 4) is 11.5 Å². The molecule has 0 aromatic heterocycles. The molecular formula is C17H24N2O5S. The summed E-state index contributed by atoms with van der Waals surface area (Å²) in [4.78, 5) is 14.3. The molecule has 0 atom stereocenters. The number of rotatable bonds is 4. The Morgan fingerprint density at radius 2 is 1.68 bits per heavy atom. The first-order valence-corrected chi connectivity index (χ1v) is 10.2. The first-order chi connectivity index (χ1) is 11.9. The molecule has 2 heterocycles. The standard InChI is InChI=1S/C17H24N2O5S/c1-3-25(21,22)19-6-4-18(5-7-19)17(20)12-14-11-16-15(10-13(14)2)23-8-9-24-16/h10-11H,3-9,12H2,1-2H3. The lowest BCUT2D eigenvalue weighted by Gasteiger charge is -2.34. The Morgan fingerprint density at radius 3 is 2.28 bits per heavy atom. The van der Waals surface area contributed by atoms with Crippen molar-refractivity contribution in [1.29, 1.82) is 0 Å². The van der Waals surface area contributed by atoms with E-state index in [4.69, 9.17) is 9.47 Å². The van der Waals surface area contributed by atoms with Crippen molar-refractivity contribution in [2.24, 2.45) is 0 Å². The van der Waals surface area contributed by atoms with E-state index < -0.39 is 10.0 Å². The summed E-state index contributed by atoms with van der Waals surface area (Å²) in [5.74, 6) is 1.50. The molecular weight excluding hydrogens is 344 g/mol. The fraction of sp³-hybridized carbons (Fsp3) is 0.588. The second-order valence-electron chi connectivity index (χ2n) is 6.28. The van der Waals surface area contributed by atoms with Crippen LogP contribution in [0.25, 0.3) is 0 Å². The Hall–Kier alpha value is -1.80. The zero-order valence-corrected chi connectivity index (χ0v) is 15.5. The lowest BCUT2D eigenvalue weighted by atomic mass is 10.0. The molecule has 1 fully saturated rings. The van der Waals surface area contributed by atoms with Crippen molar-refractivity contribution in [2.45, 2.75) is 20.3 Å². The molecule has 1 aromatic carbocycles. The molecule has 0 N–H and O–H groups in total. The average Bonchev–Trinajstić information content (AvgIpc) is 2.62. The first-order valence-electron chi connectivity index (χ1n) is 8.55. The topological polar surface area (TPSA) is 76.2 Å². The minimum absolute atomic E-state index is 0.00771. The molecule has 0 saturated carbocycles. The van der Waals surface area contributed by atoms with Crippen molar-refractivity contribution in [1.82, 2.24) is 9.21 Å². The van der Waals surface area contributed by atoms with Gasteiger partial charge in [-0.25, -0.2) is 8.42 Å². The van der Waals surface area contributed by atoms with Crippen LogP contribution in [0.4, 0.5) is 0 Å². The maximum absolute atomic E-state index is 12.6. The molecule has 1 amide bonds. The number of ether oxygens (including phenoxy) is 2. The molecule has 7 nitrogen and oxygen atoms in total. The van der Waals surface area contributed by atoms with Crippen LogP contribution in [0, 0.1) is 6.92 Å². The van der Waals surface area contributed by atoms with Gasteiger partial charge in [0, 0.05) is 26.2 Å². The Bertz CT molecular complexity index is 755. The lowest BCUT2D eigenvalue weighted by molar-refractivity contribution is -0.131. The molecule has 0 bridgehead atoms. The van der Waals surface area contributed by atoms with Crippen LogP contribution < -0.4 is 9.47 Å². The van der Waals surface area contributed by atoms with Crippen molar-refractivity contribution in [3.63, 3.8) is 0 Å². The summed E-state index contributed by atoms with van der Waals surface area (Å²) in [6.07, 6.45) is 0.281. The van der Waals surface area contributed by atoms with Crippen molar-refractivity contribution < 1.29 is 22.7 Å². The highest BCUT2D eigenvalue weighted by Gasteiger charge is 2.28. The second kappa shape index (κ2) is 7.21. The van der Waals surface area contributed by atoms with Gasteiger partial charge in [-0.05, 0) is 37.1 Å². The average molecular weight is 368 g/mol. The minimum atomic E-state index is -3.18. The predicted molar refractivity (Wildman–Crippen MR) is 93.5 cm³/mol. The summed E-state index contributed by atoms with van der Waals surface area (Å²) in [5.41, 5.74) is 1.91. The number of amides is 1. The number of carbonyl (C=O) groups excluding carboxylic acids is 1. The summed E-state index contributed by atoms with van der Waals surface area (Å²) >= 11 is 0. The number of benzene rings is 1. The van der Waals surface area contributed by atoms with Crippen LogP contribution in [0.5, 0.6) is 11.5 Å². The molecule has 138 valence electrons. The van der Waals surface area contributed by atoms with Crippen molar-refractivity contribution in [2.75, 3.05) is 45.1 Å². The molecule has 0 radical (unpaired) electrons. The number of carbonyl (C=O) groups is 1. The van der Waals surface area contributed by atoms with Gasteiger partial charge in [-0.3, -0.25) is 4.79 Å². The monoisotopic (exact) mass is 368 g/mol. The summed E-state index contributed by atoms with van der Waals surface area (Å²) < 4.78 is 36.4. The maximum Gasteiger partial charge on any atom is 0.227 e.